The zero-order chi connectivity index (χ0) is 12.1. The number of likely N-dealkylation sites (N-methyl/N-ethyl adjacent to an activating group) is 1. The van der Waals surface area contributed by atoms with E-state index in [0.29, 0.717) is 5.75 Å². The number of halogens is 2. The minimum Gasteiger partial charge on any atom is -0.482 e. The van der Waals surface area contributed by atoms with E-state index >= 15 is 0 Å². The highest BCUT2D eigenvalue weighted by Crippen LogP contribution is 2.28. The monoisotopic (exact) mass is 351 g/mol. The van der Waals surface area contributed by atoms with Crippen LogP contribution in [0.4, 0.5) is 0 Å². The second-order valence-corrected chi connectivity index (χ2v) is 4.71. The van der Waals surface area contributed by atoms with Crippen molar-refractivity contribution in [2.24, 2.45) is 0 Å². The van der Waals surface area contributed by atoms with Crippen LogP contribution in [0.15, 0.2) is 27.1 Å². The predicted octanol–water partition coefficient (Wildman–Crippen LogP) is 2.61. The molecule has 4 nitrogen and oxygen atoms in total. The van der Waals surface area contributed by atoms with E-state index in [1.807, 2.05) is 12.1 Å². The quantitative estimate of drug-likeness (QED) is 0.782. The molecule has 0 atom stereocenters. The van der Waals surface area contributed by atoms with E-state index in [0.717, 1.165) is 14.0 Å². The standard InChI is InChI=1S/C10H11Br2NO3/c1-13(15-2)10(14)6-16-9-4-3-7(11)5-8(9)12/h3-5H,6H2,1-2H3. The zero-order valence-corrected chi connectivity index (χ0v) is 12.0. The first kappa shape index (κ1) is 13.5. The maximum absolute atomic E-state index is 11.4. The smallest absolute Gasteiger partial charge is 0.283 e. The van der Waals surface area contributed by atoms with E-state index in [1.54, 1.807) is 6.07 Å². The van der Waals surface area contributed by atoms with Crippen molar-refractivity contribution in [3.63, 3.8) is 0 Å². The number of hydroxylamine groups is 2. The van der Waals surface area contributed by atoms with Crippen molar-refractivity contribution in [1.29, 1.82) is 0 Å². The predicted molar refractivity (Wildman–Crippen MR) is 67.1 cm³/mol. The first-order valence-electron chi connectivity index (χ1n) is 4.43. The Kier molecular flexibility index (Phi) is 5.24. The molecule has 0 radical (unpaired) electrons. The third kappa shape index (κ3) is 3.77. The van der Waals surface area contributed by atoms with Gasteiger partial charge in [-0.3, -0.25) is 9.63 Å². The molecular formula is C10H11Br2NO3. The summed E-state index contributed by atoms with van der Waals surface area (Å²) >= 11 is 6.67. The van der Waals surface area contributed by atoms with Gasteiger partial charge in [-0.1, -0.05) is 15.9 Å². The van der Waals surface area contributed by atoms with Crippen LogP contribution in [0.2, 0.25) is 0 Å². The average molecular weight is 353 g/mol. The van der Waals surface area contributed by atoms with Crippen LogP contribution in [-0.4, -0.2) is 31.7 Å². The Hall–Kier alpha value is -0.590. The van der Waals surface area contributed by atoms with Gasteiger partial charge in [-0.15, -0.1) is 0 Å². The van der Waals surface area contributed by atoms with Crippen molar-refractivity contribution in [3.8, 4) is 5.75 Å². The van der Waals surface area contributed by atoms with Crippen LogP contribution in [0, 0.1) is 0 Å². The summed E-state index contributed by atoms with van der Waals surface area (Å²) in [7, 11) is 2.95. The van der Waals surface area contributed by atoms with Crippen molar-refractivity contribution in [2.45, 2.75) is 0 Å². The maximum atomic E-state index is 11.4. The fourth-order valence-corrected chi connectivity index (χ4v) is 2.09. The molecule has 0 aromatic heterocycles. The Bertz CT molecular complexity index is 384. The van der Waals surface area contributed by atoms with E-state index in [1.165, 1.54) is 14.2 Å². The molecule has 0 aliphatic rings. The summed E-state index contributed by atoms with van der Waals surface area (Å²) in [6.07, 6.45) is 0. The molecule has 0 aliphatic carbocycles. The van der Waals surface area contributed by atoms with Gasteiger partial charge in [0.15, 0.2) is 6.61 Å². The molecule has 0 heterocycles. The lowest BCUT2D eigenvalue weighted by Gasteiger charge is -2.14. The first-order chi connectivity index (χ1) is 7.54. The summed E-state index contributed by atoms with van der Waals surface area (Å²) in [5, 5.41) is 1.12. The minimum atomic E-state index is -0.252. The average Bonchev–Trinajstić information content (AvgIpc) is 2.26. The minimum absolute atomic E-state index is 0.0649. The molecule has 0 saturated heterocycles. The Balaban J connectivity index is 2.58. The number of carbonyl (C=O) groups excluding carboxylic acids is 1. The van der Waals surface area contributed by atoms with Crippen molar-refractivity contribution in [2.75, 3.05) is 20.8 Å². The number of carbonyl (C=O) groups is 1. The molecule has 0 saturated carbocycles. The van der Waals surface area contributed by atoms with Gasteiger partial charge in [0.25, 0.3) is 5.91 Å². The molecule has 0 N–H and O–H groups in total. The van der Waals surface area contributed by atoms with Crippen LogP contribution < -0.4 is 4.74 Å². The highest BCUT2D eigenvalue weighted by atomic mass is 79.9. The lowest BCUT2D eigenvalue weighted by atomic mass is 10.3. The molecule has 0 unspecified atom stereocenters. The van der Waals surface area contributed by atoms with E-state index in [4.69, 9.17) is 9.57 Å². The molecule has 0 bridgehead atoms. The Labute approximate surface area is 111 Å². The fraction of sp³-hybridized carbons (Fsp3) is 0.300. The third-order valence-corrected chi connectivity index (χ3v) is 2.98. The van der Waals surface area contributed by atoms with Gasteiger partial charge < -0.3 is 4.74 Å². The van der Waals surface area contributed by atoms with Gasteiger partial charge in [0.2, 0.25) is 0 Å². The topological polar surface area (TPSA) is 38.8 Å². The van der Waals surface area contributed by atoms with E-state index in [9.17, 15) is 4.79 Å². The maximum Gasteiger partial charge on any atom is 0.283 e. The summed E-state index contributed by atoms with van der Waals surface area (Å²) in [6, 6.07) is 5.46. The summed E-state index contributed by atoms with van der Waals surface area (Å²) in [5.74, 6) is 0.360. The highest BCUT2D eigenvalue weighted by Gasteiger charge is 2.10. The van der Waals surface area contributed by atoms with Crippen LogP contribution in [0.5, 0.6) is 5.75 Å². The normalized spacial score (nSPS) is 10.0. The van der Waals surface area contributed by atoms with Gasteiger partial charge in [-0.2, -0.15) is 0 Å². The van der Waals surface area contributed by atoms with Crippen LogP contribution >= 0.6 is 31.9 Å². The van der Waals surface area contributed by atoms with Crippen molar-refractivity contribution in [3.05, 3.63) is 27.1 Å². The van der Waals surface area contributed by atoms with Crippen LogP contribution in [-0.2, 0) is 9.63 Å². The molecule has 16 heavy (non-hydrogen) atoms. The Morgan fingerprint density at radius 2 is 2.12 bits per heavy atom. The summed E-state index contributed by atoms with van der Waals surface area (Å²) in [4.78, 5) is 16.1. The number of ether oxygens (including phenoxy) is 1. The number of rotatable bonds is 4. The molecular weight excluding hydrogens is 342 g/mol. The molecule has 88 valence electrons. The molecule has 1 rings (SSSR count). The zero-order valence-electron chi connectivity index (χ0n) is 8.87. The lowest BCUT2D eigenvalue weighted by Crippen LogP contribution is -2.30. The molecule has 1 aromatic rings. The molecule has 6 heteroatoms. The van der Waals surface area contributed by atoms with Gasteiger partial charge in [0.05, 0.1) is 11.6 Å². The molecule has 1 amide bonds. The van der Waals surface area contributed by atoms with Crippen molar-refractivity contribution in [1.82, 2.24) is 5.06 Å². The summed E-state index contributed by atoms with van der Waals surface area (Å²) < 4.78 is 7.06. The third-order valence-electron chi connectivity index (χ3n) is 1.87. The van der Waals surface area contributed by atoms with Crippen molar-refractivity contribution < 1.29 is 14.4 Å². The molecule has 0 fully saturated rings. The van der Waals surface area contributed by atoms with Crippen molar-refractivity contribution >= 4 is 37.8 Å². The molecule has 0 aliphatic heterocycles. The number of amides is 1. The highest BCUT2D eigenvalue weighted by molar-refractivity contribution is 9.11. The largest absolute Gasteiger partial charge is 0.482 e. The lowest BCUT2D eigenvalue weighted by molar-refractivity contribution is -0.170. The Morgan fingerprint density at radius 1 is 1.44 bits per heavy atom. The number of hydrogen-bond donors (Lipinski definition) is 0. The molecule has 0 spiro atoms. The summed E-state index contributed by atoms with van der Waals surface area (Å²) in [6.45, 7) is -0.0649. The number of nitrogens with zero attached hydrogens (tertiary/aromatic N) is 1. The SMILES string of the molecule is CON(C)C(=O)COc1ccc(Br)cc1Br. The van der Waals surface area contributed by atoms with E-state index < -0.39 is 0 Å². The molecule has 1 aromatic carbocycles. The van der Waals surface area contributed by atoms with Gasteiger partial charge >= 0.3 is 0 Å². The fourth-order valence-electron chi connectivity index (χ4n) is 0.924. The van der Waals surface area contributed by atoms with Crippen LogP contribution in [0.3, 0.4) is 0 Å². The van der Waals surface area contributed by atoms with Gasteiger partial charge in [0.1, 0.15) is 5.75 Å². The van der Waals surface area contributed by atoms with E-state index in [-0.39, 0.29) is 12.5 Å². The van der Waals surface area contributed by atoms with Gasteiger partial charge in [-0.05, 0) is 34.1 Å². The second-order valence-electron chi connectivity index (χ2n) is 2.94. The van der Waals surface area contributed by atoms with Gasteiger partial charge in [0, 0.05) is 11.5 Å². The Morgan fingerprint density at radius 3 is 2.69 bits per heavy atom. The number of benzene rings is 1. The van der Waals surface area contributed by atoms with Crippen LogP contribution in [0.25, 0.3) is 0 Å². The first-order valence-corrected chi connectivity index (χ1v) is 6.01. The number of hydrogen-bond acceptors (Lipinski definition) is 3. The van der Waals surface area contributed by atoms with Gasteiger partial charge in [-0.25, -0.2) is 5.06 Å². The van der Waals surface area contributed by atoms with E-state index in [2.05, 4.69) is 31.9 Å². The second kappa shape index (κ2) is 6.22. The van der Waals surface area contributed by atoms with Crippen LogP contribution in [0.1, 0.15) is 0 Å². The summed E-state index contributed by atoms with van der Waals surface area (Å²) in [5.41, 5.74) is 0.